The van der Waals surface area contributed by atoms with Gasteiger partial charge in [-0.2, -0.15) is 0 Å². The molecule has 1 aromatic heterocycles. The highest BCUT2D eigenvalue weighted by atomic mass is 35.5. The first-order valence-electron chi connectivity index (χ1n) is 7.53. The van der Waals surface area contributed by atoms with E-state index < -0.39 is 5.97 Å². The Hall–Kier alpha value is -1.50. The van der Waals surface area contributed by atoms with Gasteiger partial charge in [-0.05, 0) is 30.7 Å². The number of hydrogen-bond donors (Lipinski definition) is 0. The van der Waals surface area contributed by atoms with Gasteiger partial charge in [0.1, 0.15) is 4.88 Å². The largest absolute Gasteiger partial charge is 0.451 e. The number of hydrogen-bond acceptors (Lipinski definition) is 5. The summed E-state index contributed by atoms with van der Waals surface area (Å²) in [4.78, 5) is 27.7. The molecule has 2 heterocycles. The van der Waals surface area contributed by atoms with E-state index in [0.717, 1.165) is 28.3 Å². The third kappa shape index (κ3) is 3.94. The Bertz CT molecular complexity index is 762. The fraction of sp³-hybridized carbons (Fsp3) is 0.294. The van der Waals surface area contributed by atoms with Crippen LogP contribution in [0.2, 0.25) is 4.34 Å². The fourth-order valence-electron chi connectivity index (χ4n) is 2.45. The number of thioether (sulfide) groups is 1. The van der Waals surface area contributed by atoms with Crippen LogP contribution in [-0.2, 0) is 9.53 Å². The number of fused-ring (bicyclic) bond motifs is 1. The van der Waals surface area contributed by atoms with Gasteiger partial charge in [0, 0.05) is 16.7 Å². The molecule has 0 aliphatic carbocycles. The molecule has 7 heteroatoms. The molecule has 0 radical (unpaired) electrons. The molecule has 3 rings (SSSR count). The molecule has 1 atom stereocenters. The number of carbonyl (C=O) groups is 2. The molecular weight excluding hydrogens is 366 g/mol. The third-order valence-corrected chi connectivity index (χ3v) is 6.09. The van der Waals surface area contributed by atoms with E-state index >= 15 is 0 Å². The first-order valence-corrected chi connectivity index (χ1v) is 9.60. The van der Waals surface area contributed by atoms with Crippen molar-refractivity contribution in [2.45, 2.75) is 23.5 Å². The molecular formula is C17H16ClNO3S2. The molecule has 1 amide bonds. The zero-order valence-corrected chi connectivity index (χ0v) is 15.4. The SMILES string of the molecule is C[C@@H]1CCN(C(=O)COC(=O)c2ccc(Cl)s2)c2ccccc2S1. The van der Waals surface area contributed by atoms with Crippen LogP contribution in [0.4, 0.5) is 5.69 Å². The van der Waals surface area contributed by atoms with Crippen molar-refractivity contribution in [1.29, 1.82) is 0 Å². The average Bonchev–Trinajstić information content (AvgIpc) is 2.92. The Morgan fingerprint density at radius 2 is 2.08 bits per heavy atom. The molecule has 0 fully saturated rings. The van der Waals surface area contributed by atoms with Crippen molar-refractivity contribution in [2.75, 3.05) is 18.1 Å². The van der Waals surface area contributed by atoms with E-state index in [-0.39, 0.29) is 12.5 Å². The number of ether oxygens (including phenoxy) is 1. The number of thiophene rings is 1. The van der Waals surface area contributed by atoms with Gasteiger partial charge >= 0.3 is 5.97 Å². The Kier molecular flexibility index (Phi) is 5.48. The molecule has 0 bridgehead atoms. The van der Waals surface area contributed by atoms with Gasteiger partial charge in [-0.1, -0.05) is 30.7 Å². The Balaban J connectivity index is 1.69. The van der Waals surface area contributed by atoms with Gasteiger partial charge in [0.15, 0.2) is 6.61 Å². The Morgan fingerprint density at radius 1 is 1.29 bits per heavy atom. The Labute approximate surface area is 153 Å². The summed E-state index contributed by atoms with van der Waals surface area (Å²) in [7, 11) is 0. The lowest BCUT2D eigenvalue weighted by atomic mass is 10.2. The minimum Gasteiger partial charge on any atom is -0.451 e. The number of amides is 1. The molecule has 0 N–H and O–H groups in total. The molecule has 0 saturated heterocycles. The number of rotatable bonds is 3. The molecule has 1 aliphatic rings. The summed E-state index contributed by atoms with van der Waals surface area (Å²) in [6, 6.07) is 11.1. The second-order valence-corrected chi connectivity index (χ2v) is 8.61. The highest BCUT2D eigenvalue weighted by molar-refractivity contribution is 8.00. The van der Waals surface area contributed by atoms with Crippen LogP contribution in [0.15, 0.2) is 41.3 Å². The summed E-state index contributed by atoms with van der Waals surface area (Å²) < 4.78 is 5.67. The number of carbonyl (C=O) groups excluding carboxylic acids is 2. The van der Waals surface area contributed by atoms with Gasteiger partial charge in [0.2, 0.25) is 0 Å². The van der Waals surface area contributed by atoms with E-state index in [4.69, 9.17) is 16.3 Å². The highest BCUT2D eigenvalue weighted by Crippen LogP contribution is 2.37. The molecule has 126 valence electrons. The summed E-state index contributed by atoms with van der Waals surface area (Å²) in [6.45, 7) is 2.49. The van der Waals surface area contributed by atoms with Crippen molar-refractivity contribution < 1.29 is 14.3 Å². The molecule has 0 spiro atoms. The topological polar surface area (TPSA) is 46.6 Å². The average molecular weight is 382 g/mol. The van der Waals surface area contributed by atoms with Gasteiger partial charge in [0.25, 0.3) is 5.91 Å². The van der Waals surface area contributed by atoms with Crippen LogP contribution in [0.1, 0.15) is 23.0 Å². The molecule has 0 unspecified atom stereocenters. The fourth-order valence-corrected chi connectivity index (χ4v) is 4.50. The zero-order chi connectivity index (χ0) is 17.1. The maximum Gasteiger partial charge on any atom is 0.348 e. The third-order valence-electron chi connectivity index (χ3n) is 3.65. The zero-order valence-electron chi connectivity index (χ0n) is 13.0. The summed E-state index contributed by atoms with van der Waals surface area (Å²) in [6.07, 6.45) is 0.888. The van der Waals surface area contributed by atoms with E-state index in [1.54, 1.807) is 28.8 Å². The minimum atomic E-state index is -0.522. The minimum absolute atomic E-state index is 0.215. The first kappa shape index (κ1) is 17.3. The molecule has 4 nitrogen and oxygen atoms in total. The summed E-state index contributed by atoms with van der Waals surface area (Å²) in [5, 5.41) is 0.430. The maximum absolute atomic E-state index is 12.6. The summed E-state index contributed by atoms with van der Waals surface area (Å²) >= 11 is 8.71. The van der Waals surface area contributed by atoms with Gasteiger partial charge < -0.3 is 9.64 Å². The van der Waals surface area contributed by atoms with Crippen molar-refractivity contribution in [1.82, 2.24) is 0 Å². The highest BCUT2D eigenvalue weighted by Gasteiger charge is 2.25. The quantitative estimate of drug-likeness (QED) is 0.735. The number of anilines is 1. The van der Waals surface area contributed by atoms with E-state index in [2.05, 4.69) is 6.92 Å². The lowest BCUT2D eigenvalue weighted by Gasteiger charge is -2.22. The number of halogens is 1. The second kappa shape index (κ2) is 7.59. The standard InChI is InChI=1S/C17H16ClNO3S2/c1-11-8-9-19(12-4-2-3-5-13(12)23-11)16(20)10-22-17(21)14-6-7-15(18)24-14/h2-7,11H,8-10H2,1H3/t11-/m1/s1. The molecule has 24 heavy (non-hydrogen) atoms. The monoisotopic (exact) mass is 381 g/mol. The van der Waals surface area contributed by atoms with Crippen LogP contribution in [0.25, 0.3) is 0 Å². The van der Waals surface area contributed by atoms with Crippen LogP contribution in [0.3, 0.4) is 0 Å². The van der Waals surface area contributed by atoms with Crippen LogP contribution in [-0.4, -0.2) is 30.3 Å². The van der Waals surface area contributed by atoms with Crippen molar-refractivity contribution in [3.63, 3.8) is 0 Å². The van der Waals surface area contributed by atoms with Crippen LogP contribution in [0, 0.1) is 0 Å². The van der Waals surface area contributed by atoms with E-state index in [1.165, 1.54) is 0 Å². The second-order valence-electron chi connectivity index (χ2n) is 5.41. The van der Waals surface area contributed by atoms with Crippen LogP contribution >= 0.6 is 34.7 Å². The van der Waals surface area contributed by atoms with Crippen molar-refractivity contribution in [2.24, 2.45) is 0 Å². The smallest absolute Gasteiger partial charge is 0.348 e. The van der Waals surface area contributed by atoms with Gasteiger partial charge in [-0.3, -0.25) is 4.79 Å². The Morgan fingerprint density at radius 3 is 2.83 bits per heavy atom. The predicted octanol–water partition coefficient (Wildman–Crippen LogP) is 4.48. The van der Waals surface area contributed by atoms with Crippen LogP contribution < -0.4 is 4.90 Å². The normalized spacial score (nSPS) is 17.1. The van der Waals surface area contributed by atoms with Gasteiger partial charge in [-0.25, -0.2) is 4.79 Å². The van der Waals surface area contributed by atoms with E-state index in [0.29, 0.717) is 21.0 Å². The lowest BCUT2D eigenvalue weighted by Crippen LogP contribution is -2.35. The number of benzene rings is 1. The van der Waals surface area contributed by atoms with Crippen molar-refractivity contribution in [3.05, 3.63) is 45.6 Å². The summed E-state index contributed by atoms with van der Waals surface area (Å²) in [5.41, 5.74) is 0.882. The molecule has 0 saturated carbocycles. The predicted molar refractivity (Wildman–Crippen MR) is 98.3 cm³/mol. The van der Waals surface area contributed by atoms with E-state index in [1.807, 2.05) is 24.3 Å². The first-order chi connectivity index (χ1) is 11.5. The molecule has 2 aromatic rings. The lowest BCUT2D eigenvalue weighted by molar-refractivity contribution is -0.121. The van der Waals surface area contributed by atoms with Gasteiger partial charge in [-0.15, -0.1) is 23.1 Å². The number of para-hydroxylation sites is 1. The molecule has 1 aromatic carbocycles. The van der Waals surface area contributed by atoms with Crippen LogP contribution in [0.5, 0.6) is 0 Å². The van der Waals surface area contributed by atoms with Gasteiger partial charge in [0.05, 0.1) is 10.0 Å². The molecule has 1 aliphatic heterocycles. The number of nitrogens with zero attached hydrogens (tertiary/aromatic N) is 1. The number of esters is 1. The van der Waals surface area contributed by atoms with Crippen molar-refractivity contribution >= 4 is 52.3 Å². The van der Waals surface area contributed by atoms with E-state index in [9.17, 15) is 9.59 Å². The van der Waals surface area contributed by atoms with Crippen molar-refractivity contribution in [3.8, 4) is 0 Å². The maximum atomic E-state index is 12.6. The summed E-state index contributed by atoms with van der Waals surface area (Å²) in [5.74, 6) is -0.737.